The molecule has 3 aliphatic rings. The van der Waals surface area contributed by atoms with Crippen molar-refractivity contribution in [2.75, 3.05) is 18.9 Å². The summed E-state index contributed by atoms with van der Waals surface area (Å²) in [5, 5.41) is 0. The van der Waals surface area contributed by atoms with Gasteiger partial charge in [-0.25, -0.2) is 33.3 Å². The van der Waals surface area contributed by atoms with Crippen molar-refractivity contribution in [2.45, 2.75) is 49.5 Å². The van der Waals surface area contributed by atoms with Crippen LogP contribution in [0.2, 0.25) is 0 Å². The molecule has 9 atom stereocenters. The van der Waals surface area contributed by atoms with Crippen molar-refractivity contribution in [3.8, 4) is 0 Å². The fraction of sp³-hybridized carbons (Fsp3) is 0.526. The Morgan fingerprint density at radius 3 is 2.49 bits per heavy atom. The molecule has 5 N–H and O–H groups in total. The van der Waals surface area contributed by atoms with Crippen LogP contribution in [0.25, 0.3) is 11.2 Å². The van der Waals surface area contributed by atoms with Crippen LogP contribution in [-0.2, 0) is 36.7 Å². The number of aromatic nitrogens is 6. The van der Waals surface area contributed by atoms with Gasteiger partial charge in [0.05, 0.1) is 19.5 Å². The first-order valence-corrected chi connectivity index (χ1v) is 14.9. The zero-order valence-corrected chi connectivity index (χ0v) is 22.3. The maximum atomic E-state index is 15.5. The quantitative estimate of drug-likeness (QED) is 0.263. The Labute approximate surface area is 227 Å². The van der Waals surface area contributed by atoms with Gasteiger partial charge in [-0.15, -0.1) is 0 Å². The van der Waals surface area contributed by atoms with E-state index in [1.54, 1.807) is 0 Å². The van der Waals surface area contributed by atoms with Gasteiger partial charge in [-0.1, -0.05) is 0 Å². The summed E-state index contributed by atoms with van der Waals surface area (Å²) in [7, 11) is -9.92. The number of rotatable bonds is 2. The molecular weight excluding hydrogens is 599 g/mol. The van der Waals surface area contributed by atoms with Crippen LogP contribution in [0.5, 0.6) is 0 Å². The Balaban J connectivity index is 1.25. The molecule has 3 saturated heterocycles. The third kappa shape index (κ3) is 5.51. The first kappa shape index (κ1) is 28.2. The van der Waals surface area contributed by atoms with E-state index in [1.165, 1.54) is 17.2 Å². The predicted octanol–water partition coefficient (Wildman–Crippen LogP) is -0.500. The summed E-state index contributed by atoms with van der Waals surface area (Å²) >= 11 is 0. The SMILES string of the molecule is Nc1ncnc2c1ncn2[C@H]1C[C@@H]2OP(=O)(O)OC[C@H]3O[C@@H](n4ccc(=O)[nH]c4=O)[C@H](F)[C@@H]3OP(=O)(O)OC[C@H]2O1. The van der Waals surface area contributed by atoms with E-state index in [0.717, 1.165) is 12.3 Å². The van der Waals surface area contributed by atoms with Crippen molar-refractivity contribution in [2.24, 2.45) is 0 Å². The topological polar surface area (TPSA) is 254 Å². The average molecular weight is 621 g/mol. The van der Waals surface area contributed by atoms with Gasteiger partial charge in [0.15, 0.2) is 23.9 Å². The van der Waals surface area contributed by atoms with Gasteiger partial charge in [0.25, 0.3) is 5.56 Å². The number of phosphoric ester groups is 2. The average Bonchev–Trinajstić information content (AvgIpc) is 3.58. The molecule has 0 aliphatic carbocycles. The van der Waals surface area contributed by atoms with Gasteiger partial charge in [0, 0.05) is 18.7 Å². The molecule has 41 heavy (non-hydrogen) atoms. The number of alkyl halides is 1. The molecule has 2 unspecified atom stereocenters. The molecule has 3 aromatic heterocycles. The number of nitrogens with one attached hydrogen (secondary N) is 1. The van der Waals surface area contributed by atoms with E-state index in [-0.39, 0.29) is 23.4 Å². The summed E-state index contributed by atoms with van der Waals surface area (Å²) in [6.45, 7) is -1.56. The van der Waals surface area contributed by atoms with E-state index in [4.69, 9.17) is 33.3 Å². The molecule has 0 aromatic carbocycles. The lowest BCUT2D eigenvalue weighted by atomic mass is 10.1. The Morgan fingerprint density at radius 1 is 1.00 bits per heavy atom. The van der Waals surface area contributed by atoms with Gasteiger partial charge >= 0.3 is 21.3 Å². The first-order valence-electron chi connectivity index (χ1n) is 11.9. The minimum Gasteiger partial charge on any atom is -0.382 e. The molecule has 222 valence electrons. The molecule has 6 heterocycles. The minimum atomic E-state index is -5.03. The Hall–Kier alpha value is -2.90. The molecular formula is C19H22FN7O12P2. The number of H-pyrrole nitrogens is 1. The van der Waals surface area contributed by atoms with E-state index >= 15 is 4.39 Å². The number of fused-ring (bicyclic) bond motifs is 3. The highest BCUT2D eigenvalue weighted by Gasteiger charge is 2.52. The third-order valence-corrected chi connectivity index (χ3v) is 8.60. The monoisotopic (exact) mass is 621 g/mol. The number of nitrogens with zero attached hydrogens (tertiary/aromatic N) is 5. The van der Waals surface area contributed by atoms with E-state index in [9.17, 15) is 28.5 Å². The molecule has 0 saturated carbocycles. The largest absolute Gasteiger partial charge is 0.472 e. The molecule has 0 spiro atoms. The van der Waals surface area contributed by atoms with Crippen LogP contribution >= 0.6 is 15.6 Å². The maximum Gasteiger partial charge on any atom is 0.472 e. The molecule has 6 rings (SSSR count). The Kier molecular flexibility index (Phi) is 7.18. The molecule has 0 amide bonds. The number of imidazole rings is 1. The molecule has 3 aliphatic heterocycles. The van der Waals surface area contributed by atoms with Gasteiger partial charge in [-0.2, -0.15) is 0 Å². The third-order valence-electron chi connectivity index (χ3n) is 6.60. The van der Waals surface area contributed by atoms with Gasteiger partial charge < -0.3 is 25.0 Å². The summed E-state index contributed by atoms with van der Waals surface area (Å²) in [4.78, 5) is 58.5. The van der Waals surface area contributed by atoms with Crippen molar-refractivity contribution in [3.63, 3.8) is 0 Å². The fourth-order valence-electron chi connectivity index (χ4n) is 4.74. The minimum absolute atomic E-state index is 0.0831. The Bertz CT molecular complexity index is 1680. The van der Waals surface area contributed by atoms with E-state index in [1.807, 2.05) is 4.98 Å². The van der Waals surface area contributed by atoms with Crippen LogP contribution in [0, 0.1) is 0 Å². The van der Waals surface area contributed by atoms with E-state index < -0.39 is 83.2 Å². The standard InChI is InChI=1S/C19H22FN7O12P2/c20-13-15-10(37-18(13)26-2-1-11(28)25-19(26)29)5-35-40(30,31)38-8-3-12(36-9(8)4-34-41(32,33)39-15)27-7-24-14-16(21)22-6-23-17(14)27/h1-2,6-10,12-13,15,18H,3-5H2,(H,30,31)(H,32,33)(H2,21,22,23)(H,25,28,29)/t8-,9+,10+,12+,13+,15+,18+/m0/s1. The zero-order chi connectivity index (χ0) is 29.1. The number of hydrogen-bond acceptors (Lipinski definition) is 14. The molecule has 0 bridgehead atoms. The van der Waals surface area contributed by atoms with Crippen molar-refractivity contribution < 1.29 is 50.9 Å². The van der Waals surface area contributed by atoms with Gasteiger partial charge in [0.1, 0.15) is 42.5 Å². The number of anilines is 1. The number of halogens is 1. The number of aromatic amines is 1. The molecule has 22 heteroatoms. The second kappa shape index (κ2) is 10.4. The van der Waals surface area contributed by atoms with Crippen molar-refractivity contribution >= 4 is 32.6 Å². The summed E-state index contributed by atoms with van der Waals surface area (Å²) < 4.78 is 75.1. The van der Waals surface area contributed by atoms with Gasteiger partial charge in [-0.05, 0) is 0 Å². The summed E-state index contributed by atoms with van der Waals surface area (Å²) in [6.07, 6.45) is -7.45. The maximum absolute atomic E-state index is 15.5. The van der Waals surface area contributed by atoms with Crippen LogP contribution < -0.4 is 17.0 Å². The summed E-state index contributed by atoms with van der Waals surface area (Å²) in [6, 6.07) is 0.927. The zero-order valence-electron chi connectivity index (χ0n) is 20.5. The van der Waals surface area contributed by atoms with Gasteiger partial charge in [-0.3, -0.25) is 37.0 Å². The molecule has 3 aromatic rings. The van der Waals surface area contributed by atoms with Crippen molar-refractivity contribution in [1.29, 1.82) is 0 Å². The Morgan fingerprint density at radius 2 is 1.73 bits per heavy atom. The van der Waals surface area contributed by atoms with Crippen LogP contribution in [0.4, 0.5) is 10.2 Å². The number of ether oxygens (including phenoxy) is 2. The highest BCUT2D eigenvalue weighted by atomic mass is 31.2. The van der Waals surface area contributed by atoms with Crippen LogP contribution in [-0.4, -0.2) is 82.7 Å². The molecule has 3 fully saturated rings. The second-order valence-corrected chi connectivity index (χ2v) is 12.0. The van der Waals surface area contributed by atoms with Crippen LogP contribution in [0.3, 0.4) is 0 Å². The van der Waals surface area contributed by atoms with Crippen LogP contribution in [0.1, 0.15) is 18.9 Å². The number of nitrogen functional groups attached to an aromatic ring is 1. The van der Waals surface area contributed by atoms with E-state index in [0.29, 0.717) is 4.57 Å². The van der Waals surface area contributed by atoms with Crippen LogP contribution in [0.15, 0.2) is 34.5 Å². The molecule has 19 nitrogen and oxygen atoms in total. The normalized spacial score (nSPS) is 38.2. The summed E-state index contributed by atoms with van der Waals surface area (Å²) in [5.41, 5.74) is 4.59. The number of hydrogen-bond donors (Lipinski definition) is 4. The van der Waals surface area contributed by atoms with Gasteiger partial charge in [0.2, 0.25) is 0 Å². The fourth-order valence-corrected chi connectivity index (χ4v) is 6.66. The van der Waals surface area contributed by atoms with Crippen molar-refractivity contribution in [1.82, 2.24) is 29.1 Å². The smallest absolute Gasteiger partial charge is 0.382 e. The molecule has 0 radical (unpaired) electrons. The highest BCUT2D eigenvalue weighted by Crippen LogP contribution is 2.53. The number of phosphoric acid groups is 2. The lowest BCUT2D eigenvalue weighted by Crippen LogP contribution is -2.37. The first-order chi connectivity index (χ1) is 19.4. The highest BCUT2D eigenvalue weighted by molar-refractivity contribution is 7.47. The van der Waals surface area contributed by atoms with Crippen molar-refractivity contribution in [3.05, 3.63) is 45.8 Å². The second-order valence-electron chi connectivity index (χ2n) is 9.22. The summed E-state index contributed by atoms with van der Waals surface area (Å²) in [5.74, 6) is 0.107. The van der Waals surface area contributed by atoms with E-state index in [2.05, 4.69) is 15.0 Å². The predicted molar refractivity (Wildman–Crippen MR) is 130 cm³/mol. The number of nitrogens with two attached hydrogens (primary N) is 1. The lowest BCUT2D eigenvalue weighted by Gasteiger charge is -2.27. The lowest BCUT2D eigenvalue weighted by molar-refractivity contribution is -0.0672.